The number of hydrogen-bond donors (Lipinski definition) is 1. The van der Waals surface area contributed by atoms with E-state index in [4.69, 9.17) is 11.6 Å². The van der Waals surface area contributed by atoms with Crippen LogP contribution in [-0.2, 0) is 4.79 Å². The molecule has 0 aliphatic rings. The van der Waals surface area contributed by atoms with E-state index in [0.29, 0.717) is 28.3 Å². The summed E-state index contributed by atoms with van der Waals surface area (Å²) >= 11 is 6.26. The van der Waals surface area contributed by atoms with Crippen molar-refractivity contribution in [2.75, 3.05) is 16.8 Å². The normalized spacial score (nSPS) is 11.1. The van der Waals surface area contributed by atoms with Crippen molar-refractivity contribution < 1.29 is 18.4 Å². The van der Waals surface area contributed by atoms with Gasteiger partial charge in [0.1, 0.15) is 0 Å². The summed E-state index contributed by atoms with van der Waals surface area (Å²) in [7, 11) is 0. The lowest BCUT2D eigenvalue weighted by Crippen LogP contribution is -2.33. The number of fused-ring (bicyclic) bond motifs is 1. The molecule has 0 spiro atoms. The fourth-order valence-electron chi connectivity index (χ4n) is 3.20. The number of carbonyl (C=O) groups excluding carboxylic acids is 2. The van der Waals surface area contributed by atoms with Gasteiger partial charge in [0.2, 0.25) is 11.7 Å². The highest BCUT2D eigenvalue weighted by atomic mass is 35.5. The van der Waals surface area contributed by atoms with E-state index in [2.05, 4.69) is 20.3 Å². The minimum Gasteiger partial charge on any atom is -0.319 e. The molecule has 8 nitrogen and oxygen atoms in total. The summed E-state index contributed by atoms with van der Waals surface area (Å²) in [4.78, 5) is 37.7. The number of nitrogens with zero attached hydrogens (tertiary/aromatic N) is 5. The molecule has 4 aromatic rings. The Kier molecular flexibility index (Phi) is 6.27. The monoisotopic (exact) mass is 470 g/mol. The number of amides is 2. The quantitative estimate of drug-likeness (QED) is 0.453. The number of pyridine rings is 1. The molecule has 4 rings (SSSR count). The van der Waals surface area contributed by atoms with Gasteiger partial charge in [0.25, 0.3) is 12.3 Å². The smallest absolute Gasteiger partial charge is 0.257 e. The Bertz CT molecular complexity index is 1330. The third-order valence-corrected chi connectivity index (χ3v) is 5.07. The Morgan fingerprint density at radius 1 is 1.15 bits per heavy atom. The molecular formula is C22H17ClF2N6O2. The fraction of sp³-hybridized carbons (Fsp3) is 0.136. The molecule has 0 atom stereocenters. The average molecular weight is 471 g/mol. The van der Waals surface area contributed by atoms with Crippen molar-refractivity contribution in [3.63, 3.8) is 0 Å². The van der Waals surface area contributed by atoms with E-state index in [1.807, 2.05) is 0 Å². The first-order valence-electron chi connectivity index (χ1n) is 9.74. The van der Waals surface area contributed by atoms with Gasteiger partial charge in [-0.3, -0.25) is 19.0 Å². The standard InChI is InChI=1S/C22H17ClF2N6O2/c1-13(32)31(12-20(24)25)19-5-3-14(8-17(19)23)18-4-2-15(9-27-18)21(33)29-16-10-28-22-26-6-7-30(22)11-16/h2-11,20H,12H2,1H3,(H,29,33). The molecule has 0 radical (unpaired) electrons. The first kappa shape index (κ1) is 22.3. The van der Waals surface area contributed by atoms with Gasteiger partial charge in [-0.05, 0) is 24.3 Å². The number of rotatable bonds is 6. The van der Waals surface area contributed by atoms with Crippen LogP contribution in [0, 0.1) is 0 Å². The Labute approximate surface area is 191 Å². The Morgan fingerprint density at radius 3 is 2.64 bits per heavy atom. The zero-order valence-electron chi connectivity index (χ0n) is 17.2. The summed E-state index contributed by atoms with van der Waals surface area (Å²) in [5, 5.41) is 2.88. The lowest BCUT2D eigenvalue weighted by atomic mass is 10.1. The van der Waals surface area contributed by atoms with Crippen LogP contribution in [0.25, 0.3) is 17.0 Å². The van der Waals surface area contributed by atoms with Gasteiger partial charge in [-0.1, -0.05) is 17.7 Å². The van der Waals surface area contributed by atoms with E-state index in [-0.39, 0.29) is 16.6 Å². The maximum Gasteiger partial charge on any atom is 0.257 e. The van der Waals surface area contributed by atoms with Crippen LogP contribution in [-0.4, -0.2) is 44.1 Å². The highest BCUT2D eigenvalue weighted by Crippen LogP contribution is 2.31. The molecular weight excluding hydrogens is 454 g/mol. The SMILES string of the molecule is CC(=O)N(CC(F)F)c1ccc(-c2ccc(C(=O)Nc3cnc4nccn4c3)cn2)cc1Cl. The summed E-state index contributed by atoms with van der Waals surface area (Å²) in [6, 6.07) is 7.88. The maximum atomic E-state index is 12.8. The minimum absolute atomic E-state index is 0.134. The fourth-order valence-corrected chi connectivity index (χ4v) is 3.49. The summed E-state index contributed by atoms with van der Waals surface area (Å²) in [6.45, 7) is 0.446. The Balaban J connectivity index is 1.50. The largest absolute Gasteiger partial charge is 0.319 e. The third kappa shape index (κ3) is 4.96. The van der Waals surface area contributed by atoms with Gasteiger partial charge in [0.15, 0.2) is 0 Å². The van der Waals surface area contributed by atoms with Gasteiger partial charge < -0.3 is 10.2 Å². The van der Waals surface area contributed by atoms with Crippen molar-refractivity contribution in [2.45, 2.75) is 13.3 Å². The number of hydrogen-bond acceptors (Lipinski definition) is 5. The van der Waals surface area contributed by atoms with Crippen LogP contribution >= 0.6 is 11.6 Å². The molecule has 1 aromatic carbocycles. The maximum absolute atomic E-state index is 12.8. The second kappa shape index (κ2) is 9.29. The van der Waals surface area contributed by atoms with Crippen molar-refractivity contribution in [1.82, 2.24) is 19.4 Å². The van der Waals surface area contributed by atoms with Gasteiger partial charge in [-0.15, -0.1) is 0 Å². The molecule has 0 bridgehead atoms. The molecule has 0 fully saturated rings. The number of aromatic nitrogens is 4. The Hall–Kier alpha value is -3.92. The molecule has 33 heavy (non-hydrogen) atoms. The van der Waals surface area contributed by atoms with Gasteiger partial charge >= 0.3 is 0 Å². The van der Waals surface area contributed by atoms with E-state index < -0.39 is 18.9 Å². The van der Waals surface area contributed by atoms with Crippen molar-refractivity contribution in [3.05, 3.63) is 71.9 Å². The van der Waals surface area contributed by atoms with Crippen LogP contribution in [0.2, 0.25) is 5.02 Å². The zero-order chi connectivity index (χ0) is 23.5. The number of benzene rings is 1. The highest BCUT2D eigenvalue weighted by molar-refractivity contribution is 6.34. The number of halogens is 3. The van der Waals surface area contributed by atoms with Crippen molar-refractivity contribution in [2.24, 2.45) is 0 Å². The average Bonchev–Trinajstić information content (AvgIpc) is 3.25. The van der Waals surface area contributed by atoms with Gasteiger partial charge in [-0.25, -0.2) is 18.7 Å². The summed E-state index contributed by atoms with van der Waals surface area (Å²) in [5.74, 6) is -0.391. The molecule has 0 aliphatic heterocycles. The van der Waals surface area contributed by atoms with E-state index in [1.165, 1.54) is 31.5 Å². The molecule has 0 aliphatic carbocycles. The van der Waals surface area contributed by atoms with Crippen molar-refractivity contribution >= 4 is 40.6 Å². The van der Waals surface area contributed by atoms with Crippen molar-refractivity contribution in [1.29, 1.82) is 0 Å². The zero-order valence-corrected chi connectivity index (χ0v) is 18.0. The molecule has 11 heteroatoms. The molecule has 0 saturated carbocycles. The molecule has 168 valence electrons. The van der Waals surface area contributed by atoms with E-state index in [9.17, 15) is 18.4 Å². The van der Waals surface area contributed by atoms with E-state index >= 15 is 0 Å². The number of nitrogens with one attached hydrogen (secondary N) is 1. The summed E-state index contributed by atoms with van der Waals surface area (Å²) in [6.07, 6.45) is 5.23. The summed E-state index contributed by atoms with van der Waals surface area (Å²) < 4.78 is 27.3. The van der Waals surface area contributed by atoms with E-state index in [0.717, 1.165) is 4.90 Å². The van der Waals surface area contributed by atoms with Crippen LogP contribution in [0.5, 0.6) is 0 Å². The second-order valence-corrected chi connectivity index (χ2v) is 7.46. The third-order valence-electron chi connectivity index (χ3n) is 4.76. The predicted molar refractivity (Wildman–Crippen MR) is 120 cm³/mol. The molecule has 2 amide bonds. The molecule has 3 aromatic heterocycles. The van der Waals surface area contributed by atoms with Crippen LogP contribution in [0.1, 0.15) is 17.3 Å². The lowest BCUT2D eigenvalue weighted by Gasteiger charge is -2.22. The van der Waals surface area contributed by atoms with Crippen LogP contribution in [0.3, 0.4) is 0 Å². The summed E-state index contributed by atoms with van der Waals surface area (Å²) in [5.41, 5.74) is 2.13. The molecule has 3 heterocycles. The van der Waals surface area contributed by atoms with E-state index in [1.54, 1.807) is 41.2 Å². The highest BCUT2D eigenvalue weighted by Gasteiger charge is 2.20. The van der Waals surface area contributed by atoms with Crippen LogP contribution in [0.4, 0.5) is 20.2 Å². The lowest BCUT2D eigenvalue weighted by molar-refractivity contribution is -0.117. The number of anilines is 2. The number of carbonyl (C=O) groups is 2. The van der Waals surface area contributed by atoms with Gasteiger partial charge in [-0.2, -0.15) is 0 Å². The number of alkyl halides is 2. The van der Waals surface area contributed by atoms with Crippen molar-refractivity contribution in [3.8, 4) is 11.3 Å². The molecule has 0 saturated heterocycles. The Morgan fingerprint density at radius 2 is 1.97 bits per heavy atom. The van der Waals surface area contributed by atoms with Gasteiger partial charge in [0.05, 0.1) is 40.4 Å². The topological polar surface area (TPSA) is 92.5 Å². The first-order valence-corrected chi connectivity index (χ1v) is 10.1. The molecule has 0 unspecified atom stereocenters. The predicted octanol–water partition coefficient (Wildman–Crippen LogP) is 4.32. The van der Waals surface area contributed by atoms with Crippen LogP contribution in [0.15, 0.2) is 61.3 Å². The van der Waals surface area contributed by atoms with Gasteiger partial charge in [0, 0.05) is 37.3 Å². The minimum atomic E-state index is -2.69. The molecule has 1 N–H and O–H groups in total. The van der Waals surface area contributed by atoms with Crippen LogP contribution < -0.4 is 10.2 Å². The second-order valence-electron chi connectivity index (χ2n) is 7.05. The number of imidazole rings is 1. The first-order chi connectivity index (χ1) is 15.8.